The van der Waals surface area contributed by atoms with Gasteiger partial charge in [0.05, 0.1) is 0 Å². The maximum atomic E-state index is 2.16. The fourth-order valence-electron chi connectivity index (χ4n) is 1.61. The SMILES string of the molecule is BC=Cc1ccc(-c2ccccc2)cc1. The molecule has 0 aliphatic rings. The lowest BCUT2D eigenvalue weighted by atomic mass is 10.0. The summed E-state index contributed by atoms with van der Waals surface area (Å²) in [7, 11) is 2.03. The Labute approximate surface area is 91.7 Å². The lowest BCUT2D eigenvalue weighted by Crippen LogP contribution is -1.77. The molecule has 0 aromatic heterocycles. The minimum absolute atomic E-state index is 1.25. The second kappa shape index (κ2) is 4.65. The monoisotopic (exact) mass is 192 g/mol. The molecule has 0 saturated heterocycles. The van der Waals surface area contributed by atoms with Gasteiger partial charge in [0.15, 0.2) is 0 Å². The Bertz CT molecular complexity index is 441. The molecular formula is C14H13B. The quantitative estimate of drug-likeness (QED) is 0.641. The van der Waals surface area contributed by atoms with Crippen molar-refractivity contribution < 1.29 is 0 Å². The summed E-state index contributed by atoms with van der Waals surface area (Å²) in [6, 6.07) is 19.0. The van der Waals surface area contributed by atoms with Crippen LogP contribution in [-0.4, -0.2) is 7.85 Å². The summed E-state index contributed by atoms with van der Waals surface area (Å²) in [5.74, 6) is 2.05. The molecule has 72 valence electrons. The summed E-state index contributed by atoms with van der Waals surface area (Å²) in [5, 5.41) is 0. The normalized spacial score (nSPS) is 10.7. The number of hydrogen-bond acceptors (Lipinski definition) is 0. The third-order valence-electron chi connectivity index (χ3n) is 2.38. The van der Waals surface area contributed by atoms with E-state index in [4.69, 9.17) is 0 Å². The molecule has 0 nitrogen and oxygen atoms in total. The molecule has 2 aromatic rings. The lowest BCUT2D eigenvalue weighted by molar-refractivity contribution is 1.60. The van der Waals surface area contributed by atoms with Crippen molar-refractivity contribution in [3.05, 3.63) is 66.1 Å². The van der Waals surface area contributed by atoms with Crippen molar-refractivity contribution in [3.63, 3.8) is 0 Å². The van der Waals surface area contributed by atoms with Gasteiger partial charge in [-0.3, -0.25) is 0 Å². The van der Waals surface area contributed by atoms with Crippen LogP contribution in [0.3, 0.4) is 0 Å². The lowest BCUT2D eigenvalue weighted by Gasteiger charge is -2.01. The molecular weight excluding hydrogens is 179 g/mol. The molecule has 0 aliphatic heterocycles. The van der Waals surface area contributed by atoms with Gasteiger partial charge < -0.3 is 0 Å². The van der Waals surface area contributed by atoms with Crippen LogP contribution in [-0.2, 0) is 0 Å². The third-order valence-corrected chi connectivity index (χ3v) is 2.38. The first-order valence-corrected chi connectivity index (χ1v) is 5.18. The van der Waals surface area contributed by atoms with E-state index in [0.717, 1.165) is 0 Å². The van der Waals surface area contributed by atoms with Crippen LogP contribution in [0.1, 0.15) is 5.56 Å². The molecule has 0 fully saturated rings. The van der Waals surface area contributed by atoms with Crippen LogP contribution in [0, 0.1) is 0 Å². The Morgan fingerprint density at radius 1 is 0.733 bits per heavy atom. The van der Waals surface area contributed by atoms with Gasteiger partial charge in [-0.05, 0) is 16.7 Å². The predicted molar refractivity (Wildman–Crippen MR) is 69.5 cm³/mol. The second-order valence-corrected chi connectivity index (χ2v) is 3.49. The molecule has 1 heteroatoms. The largest absolute Gasteiger partial charge is 0.129 e. The number of rotatable bonds is 2. The maximum Gasteiger partial charge on any atom is 0.129 e. The zero-order valence-electron chi connectivity index (χ0n) is 8.85. The van der Waals surface area contributed by atoms with Gasteiger partial charge in [-0.1, -0.05) is 60.7 Å². The Morgan fingerprint density at radius 2 is 1.33 bits per heavy atom. The van der Waals surface area contributed by atoms with E-state index in [9.17, 15) is 0 Å². The van der Waals surface area contributed by atoms with Crippen LogP contribution < -0.4 is 0 Å². The first-order chi connectivity index (χ1) is 7.40. The van der Waals surface area contributed by atoms with Crippen LogP contribution in [0.5, 0.6) is 0 Å². The van der Waals surface area contributed by atoms with Crippen LogP contribution in [0.15, 0.2) is 60.6 Å². The number of benzene rings is 2. The highest BCUT2D eigenvalue weighted by atomic mass is 14.0. The van der Waals surface area contributed by atoms with Crippen molar-refractivity contribution >= 4 is 13.9 Å². The van der Waals surface area contributed by atoms with Gasteiger partial charge in [0.25, 0.3) is 0 Å². The standard InChI is InChI=1S/C14H13B/c15-11-10-12-6-8-14(9-7-12)13-4-2-1-3-5-13/h1-11H,15H2. The van der Waals surface area contributed by atoms with Crippen LogP contribution in [0.25, 0.3) is 17.2 Å². The summed E-state index contributed by atoms with van der Waals surface area (Å²) in [4.78, 5) is 0. The predicted octanol–water partition coefficient (Wildman–Crippen LogP) is 2.96. The zero-order chi connectivity index (χ0) is 10.5. The summed E-state index contributed by atoms with van der Waals surface area (Å²) in [5.41, 5.74) is 3.78. The molecule has 0 spiro atoms. The first-order valence-electron chi connectivity index (χ1n) is 5.18. The van der Waals surface area contributed by atoms with Crippen LogP contribution >= 0.6 is 0 Å². The molecule has 2 rings (SSSR count). The third kappa shape index (κ3) is 2.38. The first kappa shape index (κ1) is 9.79. The highest BCUT2D eigenvalue weighted by Crippen LogP contribution is 2.19. The maximum absolute atomic E-state index is 2.16. The molecule has 0 N–H and O–H groups in total. The van der Waals surface area contributed by atoms with E-state index in [2.05, 4.69) is 60.6 Å². The van der Waals surface area contributed by atoms with E-state index in [-0.39, 0.29) is 0 Å². The molecule has 0 atom stereocenters. The molecule has 0 unspecified atom stereocenters. The highest BCUT2D eigenvalue weighted by Gasteiger charge is 1.94. The summed E-state index contributed by atoms with van der Waals surface area (Å²) in [6.07, 6.45) is 2.11. The van der Waals surface area contributed by atoms with E-state index < -0.39 is 0 Å². The summed E-state index contributed by atoms with van der Waals surface area (Å²) in [6.45, 7) is 0. The summed E-state index contributed by atoms with van der Waals surface area (Å²) < 4.78 is 0. The fourth-order valence-corrected chi connectivity index (χ4v) is 1.61. The smallest absolute Gasteiger partial charge is 0.123 e. The van der Waals surface area contributed by atoms with Crippen molar-refractivity contribution in [2.24, 2.45) is 0 Å². The van der Waals surface area contributed by atoms with Gasteiger partial charge in [0.1, 0.15) is 7.85 Å². The van der Waals surface area contributed by atoms with Crippen LogP contribution in [0.2, 0.25) is 0 Å². The van der Waals surface area contributed by atoms with E-state index >= 15 is 0 Å². The molecule has 15 heavy (non-hydrogen) atoms. The molecule has 2 aromatic carbocycles. The fraction of sp³-hybridized carbons (Fsp3) is 0. The Hall–Kier alpha value is -1.76. The van der Waals surface area contributed by atoms with Crippen molar-refractivity contribution in [1.29, 1.82) is 0 Å². The molecule has 0 saturated carbocycles. The average Bonchev–Trinajstić information content (AvgIpc) is 2.32. The van der Waals surface area contributed by atoms with Gasteiger partial charge >= 0.3 is 0 Å². The van der Waals surface area contributed by atoms with Crippen molar-refractivity contribution in [2.45, 2.75) is 0 Å². The summed E-state index contributed by atoms with van der Waals surface area (Å²) >= 11 is 0. The Morgan fingerprint density at radius 3 is 1.93 bits per heavy atom. The minimum atomic E-state index is 1.25. The molecule has 0 aliphatic carbocycles. The minimum Gasteiger partial charge on any atom is -0.123 e. The van der Waals surface area contributed by atoms with E-state index in [1.54, 1.807) is 0 Å². The van der Waals surface area contributed by atoms with E-state index in [1.807, 2.05) is 13.9 Å². The van der Waals surface area contributed by atoms with Gasteiger partial charge in [-0.25, -0.2) is 0 Å². The second-order valence-electron chi connectivity index (χ2n) is 3.49. The van der Waals surface area contributed by atoms with Crippen molar-refractivity contribution in [3.8, 4) is 11.1 Å². The van der Waals surface area contributed by atoms with Gasteiger partial charge in [0.2, 0.25) is 0 Å². The molecule has 0 amide bonds. The van der Waals surface area contributed by atoms with Gasteiger partial charge in [-0.2, -0.15) is 0 Å². The topological polar surface area (TPSA) is 0 Å². The Balaban J connectivity index is 2.32. The van der Waals surface area contributed by atoms with Gasteiger partial charge in [-0.15, -0.1) is 5.98 Å². The molecule has 0 radical (unpaired) electrons. The van der Waals surface area contributed by atoms with Crippen molar-refractivity contribution in [1.82, 2.24) is 0 Å². The average molecular weight is 192 g/mol. The number of hydrogen-bond donors (Lipinski definition) is 0. The Kier molecular flexibility index (Phi) is 3.03. The zero-order valence-corrected chi connectivity index (χ0v) is 8.85. The molecule has 0 heterocycles. The van der Waals surface area contributed by atoms with Crippen molar-refractivity contribution in [2.75, 3.05) is 0 Å². The van der Waals surface area contributed by atoms with E-state index in [1.165, 1.54) is 16.7 Å². The molecule has 0 bridgehead atoms. The van der Waals surface area contributed by atoms with E-state index in [0.29, 0.717) is 0 Å². The highest BCUT2D eigenvalue weighted by molar-refractivity contribution is 6.19. The van der Waals surface area contributed by atoms with Crippen LogP contribution in [0.4, 0.5) is 0 Å². The van der Waals surface area contributed by atoms with Gasteiger partial charge in [0, 0.05) is 0 Å².